The quantitative estimate of drug-likeness (QED) is 0.911. The van der Waals surface area contributed by atoms with Crippen molar-refractivity contribution in [2.45, 2.75) is 45.1 Å². The number of rotatable bonds is 2. The van der Waals surface area contributed by atoms with Gasteiger partial charge in [0, 0.05) is 24.7 Å². The van der Waals surface area contributed by atoms with Crippen LogP contribution in [0.2, 0.25) is 0 Å². The number of carbonyl (C=O) groups excluding carboxylic acids is 1. The molecule has 1 amide bonds. The molecule has 3 rings (SSSR count). The fourth-order valence-corrected chi connectivity index (χ4v) is 3.25. The highest BCUT2D eigenvalue weighted by Gasteiger charge is 2.29. The van der Waals surface area contributed by atoms with E-state index in [4.69, 9.17) is 9.47 Å². The lowest BCUT2D eigenvalue weighted by atomic mass is 9.89. The first-order chi connectivity index (χ1) is 11.4. The van der Waals surface area contributed by atoms with Gasteiger partial charge < -0.3 is 19.4 Å². The number of methoxy groups -OCH3 is 1. The lowest BCUT2D eigenvalue weighted by molar-refractivity contribution is 0.0205. The van der Waals surface area contributed by atoms with Gasteiger partial charge >= 0.3 is 6.09 Å². The van der Waals surface area contributed by atoms with Crippen LogP contribution in [0.1, 0.15) is 45.1 Å². The first-order valence-electron chi connectivity index (χ1n) is 8.36. The van der Waals surface area contributed by atoms with E-state index in [2.05, 4.69) is 9.97 Å². The molecule has 1 fully saturated rings. The summed E-state index contributed by atoms with van der Waals surface area (Å²) in [5, 5.41) is 1.10. The lowest BCUT2D eigenvalue weighted by Gasteiger charge is -2.33. The highest BCUT2D eigenvalue weighted by Crippen LogP contribution is 2.37. The molecule has 3 heterocycles. The van der Waals surface area contributed by atoms with Crippen molar-refractivity contribution in [2.24, 2.45) is 0 Å². The van der Waals surface area contributed by atoms with E-state index in [0.717, 1.165) is 29.5 Å². The number of pyridine rings is 1. The van der Waals surface area contributed by atoms with Crippen LogP contribution in [0, 0.1) is 0 Å². The first-order valence-corrected chi connectivity index (χ1v) is 8.36. The Hall–Kier alpha value is -2.24. The molecule has 1 N–H and O–H groups in total. The fourth-order valence-electron chi connectivity index (χ4n) is 3.25. The smallest absolute Gasteiger partial charge is 0.410 e. The molecular weight excluding hydrogens is 306 g/mol. The minimum Gasteiger partial charge on any atom is -0.494 e. The summed E-state index contributed by atoms with van der Waals surface area (Å²) in [6, 6.07) is 0. The minimum atomic E-state index is -0.453. The number of nitrogens with zero attached hydrogens (tertiary/aromatic N) is 2. The van der Waals surface area contributed by atoms with Crippen LogP contribution < -0.4 is 4.74 Å². The van der Waals surface area contributed by atoms with Crippen molar-refractivity contribution < 1.29 is 14.3 Å². The van der Waals surface area contributed by atoms with Gasteiger partial charge in [-0.05, 0) is 45.1 Å². The van der Waals surface area contributed by atoms with Crippen molar-refractivity contribution >= 4 is 17.0 Å². The number of aromatic amines is 1. The molecule has 6 heteroatoms. The predicted molar refractivity (Wildman–Crippen MR) is 92.4 cm³/mol. The molecule has 0 aliphatic carbocycles. The Labute approximate surface area is 142 Å². The number of amides is 1. The van der Waals surface area contributed by atoms with Gasteiger partial charge in [-0.1, -0.05) is 0 Å². The van der Waals surface area contributed by atoms with Crippen LogP contribution >= 0.6 is 0 Å². The number of carbonyl (C=O) groups is 1. The Bertz CT molecular complexity index is 725. The standard InChI is InChI=1S/C18H25N3O3/c1-18(2,3)24-17(22)21-7-5-12(6-8-21)13-9-20-14-10-19-11-15(23-4)16(13)14/h9-12,20H,5-8H2,1-4H3. The molecule has 0 atom stereocenters. The second kappa shape index (κ2) is 6.34. The highest BCUT2D eigenvalue weighted by molar-refractivity contribution is 5.89. The number of piperidine rings is 1. The van der Waals surface area contributed by atoms with Crippen LogP contribution in [0.5, 0.6) is 5.75 Å². The summed E-state index contributed by atoms with van der Waals surface area (Å²) in [4.78, 5) is 21.5. The largest absolute Gasteiger partial charge is 0.494 e. The van der Waals surface area contributed by atoms with Gasteiger partial charge in [0.2, 0.25) is 0 Å². The van der Waals surface area contributed by atoms with Crippen LogP contribution in [0.15, 0.2) is 18.6 Å². The average molecular weight is 331 g/mol. The van der Waals surface area contributed by atoms with E-state index in [1.54, 1.807) is 18.2 Å². The van der Waals surface area contributed by atoms with Crippen LogP contribution in [0.25, 0.3) is 10.9 Å². The molecule has 1 saturated heterocycles. The number of hydrogen-bond acceptors (Lipinski definition) is 4. The zero-order chi connectivity index (χ0) is 17.3. The summed E-state index contributed by atoms with van der Waals surface area (Å²) in [7, 11) is 1.67. The van der Waals surface area contributed by atoms with Crippen molar-refractivity contribution in [1.82, 2.24) is 14.9 Å². The Morgan fingerprint density at radius 3 is 2.62 bits per heavy atom. The molecule has 1 aliphatic heterocycles. The molecule has 0 radical (unpaired) electrons. The fraction of sp³-hybridized carbons (Fsp3) is 0.556. The molecule has 6 nitrogen and oxygen atoms in total. The van der Waals surface area contributed by atoms with E-state index < -0.39 is 5.60 Å². The lowest BCUT2D eigenvalue weighted by Crippen LogP contribution is -2.41. The summed E-state index contributed by atoms with van der Waals surface area (Å²) in [6.07, 6.45) is 7.21. The van der Waals surface area contributed by atoms with Crippen molar-refractivity contribution in [3.05, 3.63) is 24.2 Å². The number of likely N-dealkylation sites (tertiary alicyclic amines) is 1. The molecule has 130 valence electrons. The van der Waals surface area contributed by atoms with E-state index in [9.17, 15) is 4.79 Å². The molecule has 2 aromatic heterocycles. The molecule has 0 aromatic carbocycles. The Kier molecular flexibility index (Phi) is 4.39. The van der Waals surface area contributed by atoms with Gasteiger partial charge in [-0.2, -0.15) is 0 Å². The van der Waals surface area contributed by atoms with Crippen molar-refractivity contribution in [2.75, 3.05) is 20.2 Å². The number of H-pyrrole nitrogens is 1. The van der Waals surface area contributed by atoms with Crippen molar-refractivity contribution in [1.29, 1.82) is 0 Å². The van der Waals surface area contributed by atoms with Crippen LogP contribution in [-0.4, -0.2) is 46.8 Å². The molecule has 0 saturated carbocycles. The van der Waals surface area contributed by atoms with Crippen molar-refractivity contribution in [3.63, 3.8) is 0 Å². The first kappa shape index (κ1) is 16.6. The SMILES string of the molecule is COc1cncc2[nH]cc(C3CCN(C(=O)OC(C)(C)C)CC3)c12. The van der Waals surface area contributed by atoms with E-state index >= 15 is 0 Å². The van der Waals surface area contributed by atoms with E-state index in [1.807, 2.05) is 33.2 Å². The normalized spacial score (nSPS) is 16.4. The zero-order valence-electron chi connectivity index (χ0n) is 14.8. The highest BCUT2D eigenvalue weighted by atomic mass is 16.6. The van der Waals surface area contributed by atoms with E-state index in [-0.39, 0.29) is 6.09 Å². The van der Waals surface area contributed by atoms with Gasteiger partial charge in [0.25, 0.3) is 0 Å². The molecular formula is C18H25N3O3. The predicted octanol–water partition coefficient (Wildman–Crippen LogP) is 3.69. The molecule has 1 aliphatic rings. The maximum absolute atomic E-state index is 12.2. The maximum Gasteiger partial charge on any atom is 0.410 e. The Morgan fingerprint density at radius 2 is 2.00 bits per heavy atom. The summed E-state index contributed by atoms with van der Waals surface area (Å²) in [6.45, 7) is 7.09. The summed E-state index contributed by atoms with van der Waals surface area (Å²) in [5.74, 6) is 1.19. The third-order valence-corrected chi connectivity index (χ3v) is 4.39. The third kappa shape index (κ3) is 3.32. The van der Waals surface area contributed by atoms with Gasteiger partial charge in [-0.15, -0.1) is 0 Å². The van der Waals surface area contributed by atoms with E-state index in [1.165, 1.54) is 5.56 Å². The Morgan fingerprint density at radius 1 is 1.29 bits per heavy atom. The second-order valence-corrected chi connectivity index (χ2v) is 7.25. The second-order valence-electron chi connectivity index (χ2n) is 7.25. The summed E-state index contributed by atoms with van der Waals surface area (Å²) in [5.41, 5.74) is 1.78. The number of ether oxygens (including phenoxy) is 2. The third-order valence-electron chi connectivity index (χ3n) is 4.39. The molecule has 0 bridgehead atoms. The number of fused-ring (bicyclic) bond motifs is 1. The number of hydrogen-bond donors (Lipinski definition) is 1. The summed E-state index contributed by atoms with van der Waals surface area (Å²) < 4.78 is 10.9. The molecule has 0 spiro atoms. The van der Waals surface area contributed by atoms with Gasteiger partial charge in [0.1, 0.15) is 11.4 Å². The minimum absolute atomic E-state index is 0.221. The van der Waals surface area contributed by atoms with E-state index in [0.29, 0.717) is 19.0 Å². The van der Waals surface area contributed by atoms with Gasteiger partial charge in [-0.25, -0.2) is 4.79 Å². The van der Waals surface area contributed by atoms with Crippen LogP contribution in [-0.2, 0) is 4.74 Å². The average Bonchev–Trinajstić information content (AvgIpc) is 2.97. The molecule has 2 aromatic rings. The van der Waals surface area contributed by atoms with Crippen molar-refractivity contribution in [3.8, 4) is 5.75 Å². The number of nitrogens with one attached hydrogen (secondary N) is 1. The summed E-state index contributed by atoms with van der Waals surface area (Å²) >= 11 is 0. The maximum atomic E-state index is 12.2. The van der Waals surface area contributed by atoms with Crippen LogP contribution in [0.3, 0.4) is 0 Å². The number of aromatic nitrogens is 2. The topological polar surface area (TPSA) is 67.5 Å². The molecule has 0 unspecified atom stereocenters. The van der Waals surface area contributed by atoms with Gasteiger partial charge in [0.15, 0.2) is 0 Å². The zero-order valence-corrected chi connectivity index (χ0v) is 14.8. The van der Waals surface area contributed by atoms with Gasteiger partial charge in [0.05, 0.1) is 25.0 Å². The van der Waals surface area contributed by atoms with Gasteiger partial charge in [-0.3, -0.25) is 4.98 Å². The monoisotopic (exact) mass is 331 g/mol. The Balaban J connectivity index is 1.73. The van der Waals surface area contributed by atoms with Crippen LogP contribution in [0.4, 0.5) is 4.79 Å². The molecule has 24 heavy (non-hydrogen) atoms.